The van der Waals surface area contributed by atoms with Gasteiger partial charge in [0.1, 0.15) is 0 Å². The molecule has 138 valence electrons. The Balaban J connectivity index is 1.57. The predicted molar refractivity (Wildman–Crippen MR) is 102 cm³/mol. The topological polar surface area (TPSA) is 58.6 Å². The molecule has 6 heteroatoms. The Morgan fingerprint density at radius 3 is 2.31 bits per heavy atom. The Bertz CT molecular complexity index is 780. The van der Waals surface area contributed by atoms with E-state index in [0.29, 0.717) is 11.5 Å². The summed E-state index contributed by atoms with van der Waals surface area (Å²) >= 11 is 0. The molecular formula is C20H26N4O2. The van der Waals surface area contributed by atoms with E-state index < -0.39 is 5.97 Å². The zero-order valence-electron chi connectivity index (χ0n) is 15.4. The zero-order chi connectivity index (χ0) is 17.9. The molecule has 1 aromatic carbocycles. The van der Waals surface area contributed by atoms with Crippen LogP contribution < -0.4 is 4.90 Å². The predicted octanol–water partition coefficient (Wildman–Crippen LogP) is 2.87. The smallest absolute Gasteiger partial charge is 0.360 e. The molecule has 0 atom stereocenters. The van der Waals surface area contributed by atoms with Crippen LogP contribution in [-0.2, 0) is 4.74 Å². The molecule has 0 radical (unpaired) electrons. The van der Waals surface area contributed by atoms with Crippen LogP contribution in [0.4, 0.5) is 5.82 Å². The van der Waals surface area contributed by atoms with Crippen molar-refractivity contribution in [1.29, 1.82) is 0 Å². The van der Waals surface area contributed by atoms with Gasteiger partial charge in [0.2, 0.25) is 0 Å². The largest absolute Gasteiger partial charge is 0.464 e. The standard InChI is InChI=1S/C20H26N4O2/c1-26-20(25)18-19(22-17-10-6-5-9-16(17)21-18)24-13-11-23(12-14-24)15-7-3-2-4-8-15/h5-6,9-10,15H,2-4,7-8,11-14H2,1H3. The fourth-order valence-corrected chi connectivity index (χ4v) is 4.19. The van der Waals surface area contributed by atoms with Crippen LogP contribution in [0.3, 0.4) is 0 Å². The molecule has 4 rings (SSSR count). The highest BCUT2D eigenvalue weighted by atomic mass is 16.5. The Kier molecular flexibility index (Phi) is 5.02. The minimum Gasteiger partial charge on any atom is -0.464 e. The van der Waals surface area contributed by atoms with Crippen LogP contribution in [0.1, 0.15) is 42.6 Å². The second kappa shape index (κ2) is 7.58. The molecule has 6 nitrogen and oxygen atoms in total. The molecule has 1 aliphatic carbocycles. The van der Waals surface area contributed by atoms with E-state index in [-0.39, 0.29) is 0 Å². The SMILES string of the molecule is COC(=O)c1nc2ccccc2nc1N1CCN(C2CCCCC2)CC1. The summed E-state index contributed by atoms with van der Waals surface area (Å²) < 4.78 is 4.95. The third kappa shape index (κ3) is 3.38. The van der Waals surface area contributed by atoms with Gasteiger partial charge in [-0.1, -0.05) is 31.4 Å². The monoisotopic (exact) mass is 354 g/mol. The summed E-state index contributed by atoms with van der Waals surface area (Å²) in [6, 6.07) is 8.39. The molecule has 0 unspecified atom stereocenters. The molecule has 2 aliphatic rings. The van der Waals surface area contributed by atoms with Crippen molar-refractivity contribution in [2.75, 3.05) is 38.2 Å². The fourth-order valence-electron chi connectivity index (χ4n) is 4.19. The molecule has 0 N–H and O–H groups in total. The van der Waals surface area contributed by atoms with Gasteiger partial charge in [-0.25, -0.2) is 14.8 Å². The number of methoxy groups -OCH3 is 1. The van der Waals surface area contributed by atoms with Gasteiger partial charge in [0, 0.05) is 32.2 Å². The van der Waals surface area contributed by atoms with Gasteiger partial charge in [0.25, 0.3) is 0 Å². The highest BCUT2D eigenvalue weighted by molar-refractivity contribution is 5.95. The number of carbonyl (C=O) groups excluding carboxylic acids is 1. The number of anilines is 1. The molecule has 0 bridgehead atoms. The highest BCUT2D eigenvalue weighted by Crippen LogP contribution is 2.26. The van der Waals surface area contributed by atoms with E-state index in [1.165, 1.54) is 39.2 Å². The van der Waals surface area contributed by atoms with Crippen molar-refractivity contribution < 1.29 is 9.53 Å². The number of para-hydroxylation sites is 2. The van der Waals surface area contributed by atoms with Gasteiger partial charge < -0.3 is 9.64 Å². The Morgan fingerprint density at radius 1 is 1.00 bits per heavy atom. The molecule has 2 heterocycles. The summed E-state index contributed by atoms with van der Waals surface area (Å²) in [7, 11) is 1.39. The first-order valence-electron chi connectivity index (χ1n) is 9.60. The number of aromatic nitrogens is 2. The maximum atomic E-state index is 12.3. The molecule has 2 fully saturated rings. The van der Waals surface area contributed by atoms with Crippen LogP contribution >= 0.6 is 0 Å². The molecule has 0 spiro atoms. The van der Waals surface area contributed by atoms with Crippen LogP contribution in [-0.4, -0.2) is 60.2 Å². The summed E-state index contributed by atoms with van der Waals surface area (Å²) in [5.74, 6) is 0.229. The quantitative estimate of drug-likeness (QED) is 0.790. The lowest BCUT2D eigenvalue weighted by Gasteiger charge is -2.41. The molecule has 26 heavy (non-hydrogen) atoms. The summed E-state index contributed by atoms with van der Waals surface area (Å²) in [6.07, 6.45) is 6.74. The van der Waals surface area contributed by atoms with Crippen molar-refractivity contribution in [3.05, 3.63) is 30.0 Å². The average Bonchev–Trinajstić information content (AvgIpc) is 2.73. The second-order valence-electron chi connectivity index (χ2n) is 7.19. The summed E-state index contributed by atoms with van der Waals surface area (Å²) in [5.41, 5.74) is 1.85. The summed E-state index contributed by atoms with van der Waals surface area (Å²) in [5, 5.41) is 0. The second-order valence-corrected chi connectivity index (χ2v) is 7.19. The van der Waals surface area contributed by atoms with Crippen molar-refractivity contribution in [2.45, 2.75) is 38.1 Å². The van der Waals surface area contributed by atoms with Gasteiger partial charge in [-0.2, -0.15) is 0 Å². The van der Waals surface area contributed by atoms with Crippen LogP contribution in [0.15, 0.2) is 24.3 Å². The first kappa shape index (κ1) is 17.2. The minimum absolute atomic E-state index is 0.317. The van der Waals surface area contributed by atoms with Gasteiger partial charge in [-0.3, -0.25) is 4.90 Å². The van der Waals surface area contributed by atoms with Gasteiger partial charge >= 0.3 is 5.97 Å². The van der Waals surface area contributed by atoms with E-state index in [1.54, 1.807) is 0 Å². The molecule has 0 amide bonds. The number of fused-ring (bicyclic) bond motifs is 1. The number of piperazine rings is 1. The van der Waals surface area contributed by atoms with Crippen LogP contribution in [0.2, 0.25) is 0 Å². The molecule has 1 aliphatic heterocycles. The number of hydrogen-bond acceptors (Lipinski definition) is 6. The first-order chi connectivity index (χ1) is 12.8. The van der Waals surface area contributed by atoms with Crippen molar-refractivity contribution in [3.8, 4) is 0 Å². The highest BCUT2D eigenvalue weighted by Gasteiger charge is 2.28. The average molecular weight is 354 g/mol. The maximum Gasteiger partial charge on any atom is 0.360 e. The normalized spacial score (nSPS) is 19.7. The molecule has 1 saturated heterocycles. The van der Waals surface area contributed by atoms with E-state index >= 15 is 0 Å². The van der Waals surface area contributed by atoms with E-state index in [1.807, 2.05) is 24.3 Å². The number of carbonyl (C=O) groups is 1. The number of benzene rings is 1. The van der Waals surface area contributed by atoms with Crippen LogP contribution in [0, 0.1) is 0 Å². The van der Waals surface area contributed by atoms with E-state index in [4.69, 9.17) is 9.72 Å². The maximum absolute atomic E-state index is 12.3. The Morgan fingerprint density at radius 2 is 1.65 bits per heavy atom. The number of rotatable bonds is 3. The van der Waals surface area contributed by atoms with Crippen molar-refractivity contribution in [2.24, 2.45) is 0 Å². The van der Waals surface area contributed by atoms with E-state index in [0.717, 1.165) is 43.3 Å². The van der Waals surface area contributed by atoms with E-state index in [9.17, 15) is 4.79 Å². The van der Waals surface area contributed by atoms with Gasteiger partial charge in [-0.15, -0.1) is 0 Å². The Labute approximate surface area is 154 Å². The number of ether oxygens (including phenoxy) is 1. The molecule has 2 aromatic rings. The van der Waals surface area contributed by atoms with Crippen molar-refractivity contribution in [1.82, 2.24) is 14.9 Å². The third-order valence-corrected chi connectivity index (χ3v) is 5.64. The number of hydrogen-bond donors (Lipinski definition) is 0. The van der Waals surface area contributed by atoms with Crippen LogP contribution in [0.25, 0.3) is 11.0 Å². The molecular weight excluding hydrogens is 328 g/mol. The van der Waals surface area contributed by atoms with Crippen molar-refractivity contribution in [3.63, 3.8) is 0 Å². The Hall–Kier alpha value is -2.21. The van der Waals surface area contributed by atoms with Gasteiger partial charge in [0.05, 0.1) is 18.1 Å². The third-order valence-electron chi connectivity index (χ3n) is 5.64. The lowest BCUT2D eigenvalue weighted by Crippen LogP contribution is -2.51. The van der Waals surface area contributed by atoms with Gasteiger partial charge in [0.15, 0.2) is 11.5 Å². The van der Waals surface area contributed by atoms with Crippen LogP contribution in [0.5, 0.6) is 0 Å². The molecule has 1 saturated carbocycles. The van der Waals surface area contributed by atoms with E-state index in [2.05, 4.69) is 14.8 Å². The lowest BCUT2D eigenvalue weighted by atomic mass is 9.94. The molecule has 1 aromatic heterocycles. The van der Waals surface area contributed by atoms with Crippen molar-refractivity contribution >= 4 is 22.8 Å². The minimum atomic E-state index is -0.423. The summed E-state index contributed by atoms with van der Waals surface area (Å²) in [4.78, 5) is 26.4. The summed E-state index contributed by atoms with van der Waals surface area (Å²) in [6.45, 7) is 3.76. The number of esters is 1. The fraction of sp³-hybridized carbons (Fsp3) is 0.550. The number of nitrogens with zero attached hydrogens (tertiary/aromatic N) is 4. The first-order valence-corrected chi connectivity index (χ1v) is 9.60. The zero-order valence-corrected chi connectivity index (χ0v) is 15.4. The van der Waals surface area contributed by atoms with Gasteiger partial charge in [-0.05, 0) is 25.0 Å². The lowest BCUT2D eigenvalue weighted by molar-refractivity contribution is 0.0594.